The minimum atomic E-state index is -1.30. The fraction of sp³-hybridized carbons (Fsp3) is 0.261. The number of aromatic amines is 1. The van der Waals surface area contributed by atoms with Crippen molar-refractivity contribution in [2.45, 2.75) is 25.1 Å². The van der Waals surface area contributed by atoms with Crippen LogP contribution in [-0.4, -0.2) is 53.9 Å². The van der Waals surface area contributed by atoms with Gasteiger partial charge in [0.05, 0.1) is 13.7 Å². The number of H-pyrrole nitrogens is 1. The quantitative estimate of drug-likeness (QED) is 0.375. The molecule has 0 bridgehead atoms. The number of nitrogens with one attached hydrogen (secondary N) is 3. The van der Waals surface area contributed by atoms with Crippen molar-refractivity contribution < 1.29 is 29.0 Å². The molecule has 2 amide bonds. The Morgan fingerprint density at radius 1 is 1.00 bits per heavy atom. The Hall–Kier alpha value is -3.85. The molecule has 3 rings (SSSR count). The molecule has 9 heteroatoms. The average Bonchev–Trinajstić information content (AvgIpc) is 3.23. The number of aliphatic hydroxyl groups excluding tert-OH is 1. The number of benzene rings is 2. The highest BCUT2D eigenvalue weighted by Gasteiger charge is 2.28. The highest BCUT2D eigenvalue weighted by Crippen LogP contribution is 2.19. The van der Waals surface area contributed by atoms with Crippen LogP contribution in [0.25, 0.3) is 10.9 Å². The molecule has 0 radical (unpaired) electrons. The monoisotopic (exact) mass is 439 g/mol. The van der Waals surface area contributed by atoms with E-state index in [1.54, 1.807) is 30.5 Å². The van der Waals surface area contributed by atoms with E-state index in [0.717, 1.165) is 22.0 Å². The third-order valence-electron chi connectivity index (χ3n) is 4.91. The van der Waals surface area contributed by atoms with Crippen LogP contribution in [-0.2, 0) is 32.1 Å². The van der Waals surface area contributed by atoms with Crippen LogP contribution in [0.15, 0.2) is 60.8 Å². The summed E-state index contributed by atoms with van der Waals surface area (Å²) < 4.78 is 9.90. The van der Waals surface area contributed by atoms with Crippen LogP contribution in [0.5, 0.6) is 0 Å². The molecular weight excluding hydrogens is 414 g/mol. The zero-order chi connectivity index (χ0) is 22.9. The van der Waals surface area contributed by atoms with E-state index in [1.807, 2.05) is 30.3 Å². The molecule has 2 atom stereocenters. The number of ether oxygens (including phenoxy) is 2. The van der Waals surface area contributed by atoms with Gasteiger partial charge in [-0.25, -0.2) is 9.59 Å². The number of para-hydroxylation sites is 1. The SMILES string of the molecule is COC(=O)[C@H](Cc1c[nH]c2ccccc12)NC(=O)[C@H](CO)NC(=O)OCc1ccccc1. The van der Waals surface area contributed by atoms with Crippen molar-refractivity contribution in [2.75, 3.05) is 13.7 Å². The number of aliphatic hydroxyl groups is 1. The molecule has 0 spiro atoms. The molecular formula is C23H25N3O6. The lowest BCUT2D eigenvalue weighted by atomic mass is 10.0. The van der Waals surface area contributed by atoms with E-state index in [4.69, 9.17) is 9.47 Å². The molecule has 2 aromatic carbocycles. The minimum absolute atomic E-state index is 0.0117. The number of carbonyl (C=O) groups excluding carboxylic acids is 3. The summed E-state index contributed by atoms with van der Waals surface area (Å²) in [5, 5.41) is 15.3. The second-order valence-electron chi connectivity index (χ2n) is 7.09. The Kier molecular flexibility index (Phi) is 7.82. The third-order valence-corrected chi connectivity index (χ3v) is 4.91. The van der Waals surface area contributed by atoms with Gasteiger partial charge in [-0.2, -0.15) is 0 Å². The molecule has 32 heavy (non-hydrogen) atoms. The Balaban J connectivity index is 1.62. The lowest BCUT2D eigenvalue weighted by molar-refractivity contribution is -0.145. The number of alkyl carbamates (subject to hydrolysis) is 1. The maximum absolute atomic E-state index is 12.6. The maximum Gasteiger partial charge on any atom is 0.408 e. The summed E-state index contributed by atoms with van der Waals surface area (Å²) in [6.07, 6.45) is 1.06. The van der Waals surface area contributed by atoms with Gasteiger partial charge >= 0.3 is 12.1 Å². The average molecular weight is 439 g/mol. The number of rotatable bonds is 9. The number of hydrogen-bond donors (Lipinski definition) is 4. The molecule has 1 heterocycles. The molecule has 4 N–H and O–H groups in total. The first-order chi connectivity index (χ1) is 15.5. The maximum atomic E-state index is 12.6. The van der Waals surface area contributed by atoms with Crippen LogP contribution in [0.2, 0.25) is 0 Å². The molecule has 0 aliphatic heterocycles. The predicted molar refractivity (Wildman–Crippen MR) is 117 cm³/mol. The Morgan fingerprint density at radius 3 is 2.44 bits per heavy atom. The van der Waals surface area contributed by atoms with Crippen LogP contribution in [0.1, 0.15) is 11.1 Å². The van der Waals surface area contributed by atoms with Crippen molar-refractivity contribution in [1.82, 2.24) is 15.6 Å². The van der Waals surface area contributed by atoms with Gasteiger partial charge in [0.2, 0.25) is 5.91 Å². The highest BCUT2D eigenvalue weighted by atomic mass is 16.5. The standard InChI is InChI=1S/C23H25N3O6/c1-31-22(29)19(11-16-12-24-18-10-6-5-9-17(16)18)25-21(28)20(13-27)26-23(30)32-14-15-7-3-2-4-8-15/h2-10,12,19-20,24,27H,11,13-14H2,1H3,(H,25,28)(H,26,30)/t19-,20-/m0/s1. The van der Waals surface area contributed by atoms with Crippen molar-refractivity contribution in [3.8, 4) is 0 Å². The number of methoxy groups -OCH3 is 1. The highest BCUT2D eigenvalue weighted by molar-refractivity contribution is 5.90. The van der Waals surface area contributed by atoms with Gasteiger partial charge in [-0.1, -0.05) is 48.5 Å². The van der Waals surface area contributed by atoms with Gasteiger partial charge in [-0.3, -0.25) is 4.79 Å². The lowest BCUT2D eigenvalue weighted by Gasteiger charge is -2.21. The van der Waals surface area contributed by atoms with Crippen molar-refractivity contribution in [2.24, 2.45) is 0 Å². The summed E-state index contributed by atoms with van der Waals surface area (Å²) in [5.74, 6) is -1.38. The Labute approximate surface area is 184 Å². The summed E-state index contributed by atoms with van der Waals surface area (Å²) in [6.45, 7) is -0.662. The topological polar surface area (TPSA) is 130 Å². The number of hydrogen-bond acceptors (Lipinski definition) is 6. The van der Waals surface area contributed by atoms with E-state index in [0.29, 0.717) is 0 Å². The van der Waals surface area contributed by atoms with Gasteiger partial charge in [0.15, 0.2) is 0 Å². The van der Waals surface area contributed by atoms with Gasteiger partial charge in [0, 0.05) is 23.5 Å². The number of aromatic nitrogens is 1. The first-order valence-corrected chi connectivity index (χ1v) is 10.0. The smallest absolute Gasteiger partial charge is 0.408 e. The largest absolute Gasteiger partial charge is 0.467 e. The number of fused-ring (bicyclic) bond motifs is 1. The third kappa shape index (κ3) is 5.86. The molecule has 0 aliphatic rings. The fourth-order valence-corrected chi connectivity index (χ4v) is 3.23. The van der Waals surface area contributed by atoms with Crippen LogP contribution in [0.3, 0.4) is 0 Å². The van der Waals surface area contributed by atoms with E-state index in [-0.39, 0.29) is 13.0 Å². The first kappa shape index (κ1) is 22.8. The molecule has 3 aromatic rings. The molecule has 0 saturated carbocycles. The van der Waals surface area contributed by atoms with E-state index < -0.39 is 36.7 Å². The summed E-state index contributed by atoms with van der Waals surface area (Å²) in [7, 11) is 1.22. The zero-order valence-corrected chi connectivity index (χ0v) is 17.5. The van der Waals surface area contributed by atoms with Crippen LogP contribution in [0.4, 0.5) is 4.79 Å². The van der Waals surface area contributed by atoms with E-state index in [2.05, 4.69) is 15.6 Å². The molecule has 168 valence electrons. The van der Waals surface area contributed by atoms with Crippen molar-refractivity contribution in [3.05, 3.63) is 71.9 Å². The number of carbonyl (C=O) groups is 3. The van der Waals surface area contributed by atoms with Crippen LogP contribution in [0, 0.1) is 0 Å². The molecule has 9 nitrogen and oxygen atoms in total. The zero-order valence-electron chi connectivity index (χ0n) is 17.5. The lowest BCUT2D eigenvalue weighted by Crippen LogP contribution is -2.54. The predicted octanol–water partition coefficient (Wildman–Crippen LogP) is 1.66. The molecule has 0 fully saturated rings. The minimum Gasteiger partial charge on any atom is -0.467 e. The number of esters is 1. The van der Waals surface area contributed by atoms with Gasteiger partial charge in [0.1, 0.15) is 18.7 Å². The van der Waals surface area contributed by atoms with Crippen molar-refractivity contribution in [3.63, 3.8) is 0 Å². The summed E-state index contributed by atoms with van der Waals surface area (Å²) >= 11 is 0. The van der Waals surface area contributed by atoms with Crippen LogP contribution >= 0.6 is 0 Å². The summed E-state index contributed by atoms with van der Waals surface area (Å²) in [5.41, 5.74) is 2.48. The Morgan fingerprint density at radius 2 is 1.72 bits per heavy atom. The fourth-order valence-electron chi connectivity index (χ4n) is 3.23. The van der Waals surface area contributed by atoms with E-state index in [1.165, 1.54) is 7.11 Å². The number of amides is 2. The van der Waals surface area contributed by atoms with Crippen LogP contribution < -0.4 is 10.6 Å². The second-order valence-corrected chi connectivity index (χ2v) is 7.09. The van der Waals surface area contributed by atoms with Gasteiger partial charge in [-0.05, 0) is 17.2 Å². The molecule has 1 aromatic heterocycles. The van der Waals surface area contributed by atoms with Crippen molar-refractivity contribution in [1.29, 1.82) is 0 Å². The second kappa shape index (κ2) is 11.0. The van der Waals surface area contributed by atoms with E-state index >= 15 is 0 Å². The first-order valence-electron chi connectivity index (χ1n) is 10.0. The van der Waals surface area contributed by atoms with Gasteiger partial charge in [-0.15, -0.1) is 0 Å². The van der Waals surface area contributed by atoms with E-state index in [9.17, 15) is 19.5 Å². The summed E-state index contributed by atoms with van der Waals surface area (Å²) in [4.78, 5) is 40.1. The Bertz CT molecular complexity index is 1070. The van der Waals surface area contributed by atoms with Gasteiger partial charge < -0.3 is 30.2 Å². The van der Waals surface area contributed by atoms with Gasteiger partial charge in [0.25, 0.3) is 0 Å². The summed E-state index contributed by atoms with van der Waals surface area (Å²) in [6, 6.07) is 14.3. The molecule has 0 unspecified atom stereocenters. The molecule has 0 aliphatic carbocycles. The van der Waals surface area contributed by atoms with Crippen molar-refractivity contribution >= 4 is 28.9 Å². The molecule has 0 saturated heterocycles. The normalized spacial score (nSPS) is 12.6.